The molecule has 2 N–H and O–H groups in total. The van der Waals surface area contributed by atoms with Crippen LogP contribution in [0.5, 0.6) is 0 Å². The molecule has 10 heteroatoms. The van der Waals surface area contributed by atoms with Crippen LogP contribution in [-0.2, 0) is 24.3 Å². The predicted molar refractivity (Wildman–Crippen MR) is 75.7 cm³/mol. The lowest BCUT2D eigenvalue weighted by molar-refractivity contribution is -0.120. The van der Waals surface area contributed by atoms with Crippen LogP contribution >= 0.6 is 11.3 Å². The molecule has 1 heterocycles. The summed E-state index contributed by atoms with van der Waals surface area (Å²) in [5.74, 6) is -1.24. The molecule has 1 amide bonds. The van der Waals surface area contributed by atoms with Crippen molar-refractivity contribution in [3.8, 4) is 0 Å². The van der Waals surface area contributed by atoms with Gasteiger partial charge in [-0.15, -0.1) is 11.3 Å². The highest BCUT2D eigenvalue weighted by Crippen LogP contribution is 2.22. The number of ether oxygens (including phenoxy) is 2. The largest absolute Gasteiger partial charge is 0.465 e. The molecular weight excluding hydrogens is 320 g/mol. The number of hydrogen-bond acceptors (Lipinski definition) is 7. The Kier molecular flexibility index (Phi) is 6.75. The summed E-state index contributed by atoms with van der Waals surface area (Å²) in [6.07, 6.45) is 0. The van der Waals surface area contributed by atoms with Gasteiger partial charge in [0.15, 0.2) is 0 Å². The maximum Gasteiger partial charge on any atom is 0.349 e. The third-order valence-electron chi connectivity index (χ3n) is 2.34. The second-order valence-electron chi connectivity index (χ2n) is 3.77. The van der Waals surface area contributed by atoms with Gasteiger partial charge in [0.2, 0.25) is 15.9 Å². The lowest BCUT2D eigenvalue weighted by atomic mass is 10.5. The molecule has 0 bridgehead atoms. The minimum Gasteiger partial charge on any atom is -0.465 e. The van der Waals surface area contributed by atoms with E-state index in [1.165, 1.54) is 18.6 Å². The maximum absolute atomic E-state index is 12.1. The molecule has 0 radical (unpaired) electrons. The van der Waals surface area contributed by atoms with Crippen LogP contribution in [-0.4, -0.2) is 54.2 Å². The van der Waals surface area contributed by atoms with Crippen molar-refractivity contribution in [2.24, 2.45) is 0 Å². The third-order valence-corrected chi connectivity index (χ3v) is 4.81. The zero-order valence-corrected chi connectivity index (χ0v) is 13.2. The first-order chi connectivity index (χ1) is 9.92. The van der Waals surface area contributed by atoms with Gasteiger partial charge in [-0.3, -0.25) is 4.79 Å². The van der Waals surface area contributed by atoms with E-state index in [0.29, 0.717) is 6.61 Å². The van der Waals surface area contributed by atoms with E-state index in [0.717, 1.165) is 18.4 Å². The molecule has 0 aliphatic rings. The molecule has 1 aromatic rings. The molecule has 0 aliphatic carbocycles. The number of carbonyl (C=O) groups is 2. The average Bonchev–Trinajstić information content (AvgIpc) is 2.95. The second-order valence-corrected chi connectivity index (χ2v) is 6.42. The van der Waals surface area contributed by atoms with Crippen LogP contribution in [0.4, 0.5) is 0 Å². The second kappa shape index (κ2) is 8.08. The van der Waals surface area contributed by atoms with Crippen molar-refractivity contribution < 1.29 is 27.5 Å². The summed E-state index contributed by atoms with van der Waals surface area (Å²) in [6, 6.07) is 1.28. The highest BCUT2D eigenvalue weighted by atomic mass is 32.2. The lowest BCUT2D eigenvalue weighted by Crippen LogP contribution is -2.38. The Balaban J connectivity index is 2.68. The van der Waals surface area contributed by atoms with E-state index in [4.69, 9.17) is 4.74 Å². The van der Waals surface area contributed by atoms with Crippen LogP contribution in [0.3, 0.4) is 0 Å². The zero-order chi connectivity index (χ0) is 15.9. The van der Waals surface area contributed by atoms with E-state index in [-0.39, 0.29) is 16.3 Å². The van der Waals surface area contributed by atoms with Gasteiger partial charge in [0, 0.05) is 13.7 Å². The molecule has 1 aromatic heterocycles. The fourth-order valence-corrected chi connectivity index (χ4v) is 3.66. The van der Waals surface area contributed by atoms with E-state index < -0.39 is 28.4 Å². The zero-order valence-electron chi connectivity index (χ0n) is 11.5. The molecule has 21 heavy (non-hydrogen) atoms. The Labute approximate surface area is 126 Å². The highest BCUT2D eigenvalue weighted by molar-refractivity contribution is 7.89. The van der Waals surface area contributed by atoms with Crippen LogP contribution in [0.25, 0.3) is 0 Å². The number of methoxy groups -OCH3 is 2. The number of sulfonamides is 1. The summed E-state index contributed by atoms with van der Waals surface area (Å²) in [5.41, 5.74) is 0. The maximum atomic E-state index is 12.1. The van der Waals surface area contributed by atoms with Crippen molar-refractivity contribution in [1.29, 1.82) is 0 Å². The summed E-state index contributed by atoms with van der Waals surface area (Å²) in [5, 5.41) is 3.93. The van der Waals surface area contributed by atoms with Crippen molar-refractivity contribution >= 4 is 33.2 Å². The van der Waals surface area contributed by atoms with Crippen molar-refractivity contribution in [3.05, 3.63) is 16.3 Å². The normalized spacial score (nSPS) is 11.1. The van der Waals surface area contributed by atoms with Gasteiger partial charge in [0.1, 0.15) is 9.77 Å². The molecule has 0 aliphatic heterocycles. The molecule has 1 rings (SSSR count). The smallest absolute Gasteiger partial charge is 0.349 e. The van der Waals surface area contributed by atoms with Crippen molar-refractivity contribution in [1.82, 2.24) is 10.0 Å². The predicted octanol–water partition coefficient (Wildman–Crippen LogP) is -0.424. The van der Waals surface area contributed by atoms with Crippen LogP contribution in [0.2, 0.25) is 0 Å². The van der Waals surface area contributed by atoms with Crippen LogP contribution in [0, 0.1) is 0 Å². The van der Waals surface area contributed by atoms with E-state index in [1.54, 1.807) is 0 Å². The number of amides is 1. The van der Waals surface area contributed by atoms with Gasteiger partial charge in [0.25, 0.3) is 0 Å². The highest BCUT2D eigenvalue weighted by Gasteiger charge is 2.24. The summed E-state index contributed by atoms with van der Waals surface area (Å²) >= 11 is 0.949. The van der Waals surface area contributed by atoms with E-state index >= 15 is 0 Å². The van der Waals surface area contributed by atoms with E-state index in [9.17, 15) is 18.0 Å². The molecule has 0 fully saturated rings. The number of thiophene rings is 1. The number of hydrogen-bond donors (Lipinski definition) is 2. The van der Waals surface area contributed by atoms with Gasteiger partial charge < -0.3 is 14.8 Å². The van der Waals surface area contributed by atoms with Crippen molar-refractivity contribution in [2.45, 2.75) is 4.90 Å². The van der Waals surface area contributed by atoms with Crippen LogP contribution < -0.4 is 10.0 Å². The Morgan fingerprint density at radius 2 is 2.05 bits per heavy atom. The van der Waals surface area contributed by atoms with E-state index in [2.05, 4.69) is 14.8 Å². The first kappa shape index (κ1) is 17.6. The summed E-state index contributed by atoms with van der Waals surface area (Å²) in [7, 11) is -1.31. The first-order valence-corrected chi connectivity index (χ1v) is 8.19. The monoisotopic (exact) mass is 336 g/mol. The Bertz CT molecular complexity index is 596. The summed E-state index contributed by atoms with van der Waals surface area (Å²) < 4.78 is 35.5. The van der Waals surface area contributed by atoms with Crippen molar-refractivity contribution in [2.75, 3.05) is 33.9 Å². The van der Waals surface area contributed by atoms with Gasteiger partial charge in [-0.1, -0.05) is 0 Å². The van der Waals surface area contributed by atoms with Gasteiger partial charge >= 0.3 is 5.97 Å². The van der Waals surface area contributed by atoms with E-state index in [1.807, 2.05) is 0 Å². The number of nitrogens with one attached hydrogen (secondary N) is 2. The molecule has 0 saturated heterocycles. The molecule has 0 saturated carbocycles. The third kappa shape index (κ3) is 5.08. The number of esters is 1. The van der Waals surface area contributed by atoms with Gasteiger partial charge in [-0.05, 0) is 11.4 Å². The number of rotatable bonds is 8. The average molecular weight is 336 g/mol. The molecule has 0 unspecified atom stereocenters. The Morgan fingerprint density at radius 3 is 2.67 bits per heavy atom. The fourth-order valence-electron chi connectivity index (χ4n) is 1.34. The fraction of sp³-hybridized carbons (Fsp3) is 0.455. The minimum absolute atomic E-state index is 0.0372. The molecule has 118 valence electrons. The summed E-state index contributed by atoms with van der Waals surface area (Å²) in [4.78, 5) is 22.6. The quantitative estimate of drug-likeness (QED) is 0.492. The Hall–Kier alpha value is -1.49. The topological polar surface area (TPSA) is 111 Å². The molecule has 0 spiro atoms. The van der Waals surface area contributed by atoms with Gasteiger partial charge in [-0.2, -0.15) is 0 Å². The van der Waals surface area contributed by atoms with Crippen LogP contribution in [0.15, 0.2) is 16.3 Å². The molecule has 0 aromatic carbocycles. The number of carbonyl (C=O) groups excluding carboxylic acids is 2. The molecular formula is C11H16N2O6S2. The lowest BCUT2D eigenvalue weighted by Gasteiger charge is -2.07. The molecule has 0 atom stereocenters. The minimum atomic E-state index is -3.96. The SMILES string of the molecule is COCCNC(=O)CNS(=O)(=O)c1ccsc1C(=O)OC. The van der Waals surface area contributed by atoms with Crippen LogP contribution in [0.1, 0.15) is 9.67 Å². The van der Waals surface area contributed by atoms with Gasteiger partial charge in [-0.25, -0.2) is 17.9 Å². The van der Waals surface area contributed by atoms with Crippen molar-refractivity contribution in [3.63, 3.8) is 0 Å². The molecule has 8 nitrogen and oxygen atoms in total. The Morgan fingerprint density at radius 1 is 1.33 bits per heavy atom. The summed E-state index contributed by atoms with van der Waals surface area (Å²) in [6.45, 7) is 0.181. The first-order valence-electron chi connectivity index (χ1n) is 5.83. The standard InChI is InChI=1S/C11H16N2O6S2/c1-18-5-4-12-9(14)7-13-21(16,17)8-3-6-20-10(8)11(15)19-2/h3,6,13H,4-5,7H2,1-2H3,(H,12,14). The van der Waals surface area contributed by atoms with Gasteiger partial charge in [0.05, 0.1) is 20.3 Å².